The molecule has 4 rings (SSSR count). The van der Waals surface area contributed by atoms with E-state index in [0.717, 1.165) is 22.3 Å². The minimum Gasteiger partial charge on any atom is -0.292 e. The molecule has 0 saturated carbocycles. The van der Waals surface area contributed by atoms with Gasteiger partial charge in [-0.25, -0.2) is 9.13 Å². The number of benzene rings is 4. The highest BCUT2D eigenvalue weighted by atomic mass is 31.3. The van der Waals surface area contributed by atoms with Crippen LogP contribution in [0.3, 0.4) is 0 Å². The predicted molar refractivity (Wildman–Crippen MR) is 143 cm³/mol. The molecule has 0 bridgehead atoms. The summed E-state index contributed by atoms with van der Waals surface area (Å²) >= 11 is 0. The lowest BCUT2D eigenvalue weighted by Gasteiger charge is -2.25. The van der Waals surface area contributed by atoms with Crippen LogP contribution in [0.5, 0.6) is 0 Å². The molecule has 0 fully saturated rings. The Morgan fingerprint density at radius 2 is 0.622 bits per heavy atom. The third kappa shape index (κ3) is 9.19. The summed E-state index contributed by atoms with van der Waals surface area (Å²) in [6.07, 6.45) is 0. The van der Waals surface area contributed by atoms with Crippen molar-refractivity contribution in [2.24, 2.45) is 0 Å². The highest BCUT2D eigenvalue weighted by molar-refractivity contribution is 7.67. The second-order valence-corrected chi connectivity index (χ2v) is 12.0. The van der Waals surface area contributed by atoms with E-state index < -0.39 is 15.5 Å². The van der Waals surface area contributed by atoms with Gasteiger partial charge in [0.1, 0.15) is 0 Å². The van der Waals surface area contributed by atoms with Crippen LogP contribution in [0.1, 0.15) is 22.3 Å². The van der Waals surface area contributed by atoms with Crippen LogP contribution in [0.2, 0.25) is 0 Å². The van der Waals surface area contributed by atoms with Crippen molar-refractivity contribution in [3.05, 3.63) is 144 Å². The second-order valence-electron chi connectivity index (χ2n) is 8.13. The quantitative estimate of drug-likeness (QED) is 0.165. The van der Waals surface area contributed by atoms with Gasteiger partial charge in [-0.3, -0.25) is 18.1 Å². The van der Waals surface area contributed by atoms with Crippen molar-refractivity contribution in [3.63, 3.8) is 0 Å². The molecule has 0 atom stereocenters. The maximum absolute atomic E-state index is 13.9. The van der Waals surface area contributed by atoms with Gasteiger partial charge in [0.15, 0.2) is 0 Å². The number of nitrogens with one attached hydrogen (secondary N) is 1. The van der Waals surface area contributed by atoms with Gasteiger partial charge in [0, 0.05) is 0 Å². The number of hydrogen-bond acceptors (Lipinski definition) is 6. The third-order valence-corrected chi connectivity index (χ3v) is 9.06. The van der Waals surface area contributed by atoms with E-state index in [1.807, 2.05) is 121 Å². The Labute approximate surface area is 217 Å². The van der Waals surface area contributed by atoms with Crippen LogP contribution >= 0.6 is 15.5 Å². The zero-order valence-corrected chi connectivity index (χ0v) is 22.0. The summed E-state index contributed by atoms with van der Waals surface area (Å²) in [7, 11) is -8.35. The van der Waals surface area contributed by atoms with Crippen molar-refractivity contribution in [2.45, 2.75) is 26.4 Å². The molecule has 7 nitrogen and oxygen atoms in total. The van der Waals surface area contributed by atoms with Gasteiger partial charge in [0.2, 0.25) is 0 Å². The first kappa shape index (κ1) is 27.2. The summed E-state index contributed by atoms with van der Waals surface area (Å²) < 4.78 is 50.7. The van der Waals surface area contributed by atoms with Gasteiger partial charge in [-0.2, -0.15) is 0 Å². The van der Waals surface area contributed by atoms with Gasteiger partial charge in [0.05, 0.1) is 26.4 Å². The lowest BCUT2D eigenvalue weighted by molar-refractivity contribution is 0.166. The van der Waals surface area contributed by atoms with Crippen molar-refractivity contribution >= 4 is 15.5 Å². The largest absolute Gasteiger partial charge is 0.415 e. The number of rotatable bonds is 14. The predicted octanol–water partition coefficient (Wildman–Crippen LogP) is 7.66. The molecule has 37 heavy (non-hydrogen) atoms. The van der Waals surface area contributed by atoms with Crippen LogP contribution in [0.4, 0.5) is 0 Å². The zero-order valence-electron chi connectivity index (χ0n) is 20.2. The third-order valence-electron chi connectivity index (χ3n) is 5.22. The first-order valence-electron chi connectivity index (χ1n) is 11.8. The normalized spacial score (nSPS) is 11.9. The summed E-state index contributed by atoms with van der Waals surface area (Å²) in [5.74, 6) is 0. The Bertz CT molecular complexity index is 1110. The molecule has 9 heteroatoms. The molecule has 0 aliphatic heterocycles. The molecule has 0 aliphatic carbocycles. The summed E-state index contributed by atoms with van der Waals surface area (Å²) in [4.78, 5) is 2.51. The standard InChI is InChI=1S/C28H29NO6P2/c30-36(32-21-25-13-5-1-6-14-25,33-22-26-15-7-2-8-16-26)29-37(31,34-23-27-17-9-3-10-18-27)35-24-28-19-11-4-12-20-28/h1-20H,21-24H2,(H,29,30,31). The van der Waals surface area contributed by atoms with Gasteiger partial charge in [-0.05, 0) is 22.3 Å². The second kappa shape index (κ2) is 13.6. The fourth-order valence-corrected chi connectivity index (χ4v) is 6.82. The molecule has 4 aromatic carbocycles. The molecule has 0 unspecified atom stereocenters. The minimum atomic E-state index is -4.18. The lowest BCUT2D eigenvalue weighted by atomic mass is 10.2. The fraction of sp³-hybridized carbons (Fsp3) is 0.143. The van der Waals surface area contributed by atoms with Crippen molar-refractivity contribution in [1.29, 1.82) is 0 Å². The molecular weight excluding hydrogens is 508 g/mol. The van der Waals surface area contributed by atoms with Crippen LogP contribution in [0, 0.1) is 0 Å². The Kier molecular flexibility index (Phi) is 10.0. The molecule has 0 heterocycles. The average Bonchev–Trinajstić information content (AvgIpc) is 2.95. The van der Waals surface area contributed by atoms with Crippen molar-refractivity contribution in [2.75, 3.05) is 0 Å². The summed E-state index contributed by atoms with van der Waals surface area (Å²) in [6, 6.07) is 36.9. The van der Waals surface area contributed by atoms with Gasteiger partial charge >= 0.3 is 15.5 Å². The van der Waals surface area contributed by atoms with E-state index in [2.05, 4.69) is 4.86 Å². The van der Waals surface area contributed by atoms with Crippen LogP contribution in [0.25, 0.3) is 0 Å². The molecule has 1 N–H and O–H groups in total. The highest BCUT2D eigenvalue weighted by Crippen LogP contribution is 2.59. The molecular formula is C28H29NO6P2. The summed E-state index contributed by atoms with van der Waals surface area (Å²) in [6.45, 7) is -0.122. The van der Waals surface area contributed by atoms with Crippen molar-refractivity contribution in [1.82, 2.24) is 4.86 Å². The first-order chi connectivity index (χ1) is 18.0. The Hall–Kier alpha value is -2.86. The van der Waals surface area contributed by atoms with Crippen molar-refractivity contribution in [3.8, 4) is 0 Å². The van der Waals surface area contributed by atoms with E-state index in [1.54, 1.807) is 0 Å². The molecule has 0 aliphatic rings. The average molecular weight is 537 g/mol. The summed E-state index contributed by atoms with van der Waals surface area (Å²) in [5.41, 5.74) is 3.10. The maximum Gasteiger partial charge on any atom is 0.415 e. The Morgan fingerprint density at radius 1 is 0.405 bits per heavy atom. The van der Waals surface area contributed by atoms with E-state index in [4.69, 9.17) is 18.1 Å². The van der Waals surface area contributed by atoms with Gasteiger partial charge < -0.3 is 0 Å². The lowest BCUT2D eigenvalue weighted by Crippen LogP contribution is -2.16. The fourth-order valence-electron chi connectivity index (χ4n) is 3.28. The molecule has 4 aromatic rings. The van der Waals surface area contributed by atoms with Crippen LogP contribution in [-0.2, 0) is 53.7 Å². The first-order valence-corrected chi connectivity index (χ1v) is 14.8. The molecule has 192 valence electrons. The molecule has 0 radical (unpaired) electrons. The smallest absolute Gasteiger partial charge is 0.292 e. The van der Waals surface area contributed by atoms with E-state index in [9.17, 15) is 9.13 Å². The molecule has 0 aromatic heterocycles. The molecule has 0 saturated heterocycles. The van der Waals surface area contributed by atoms with Gasteiger partial charge in [0.25, 0.3) is 0 Å². The molecule has 0 amide bonds. The van der Waals surface area contributed by atoms with E-state index in [1.165, 1.54) is 0 Å². The van der Waals surface area contributed by atoms with Crippen LogP contribution in [-0.4, -0.2) is 0 Å². The maximum atomic E-state index is 13.9. The van der Waals surface area contributed by atoms with E-state index in [0.29, 0.717) is 0 Å². The molecule has 0 spiro atoms. The minimum absolute atomic E-state index is 0.0305. The van der Waals surface area contributed by atoms with Crippen LogP contribution < -0.4 is 4.86 Å². The van der Waals surface area contributed by atoms with Gasteiger partial charge in [-0.15, -0.1) is 4.86 Å². The zero-order chi connectivity index (χ0) is 25.8. The Balaban J connectivity index is 1.54. The van der Waals surface area contributed by atoms with E-state index >= 15 is 0 Å². The topological polar surface area (TPSA) is 83.1 Å². The van der Waals surface area contributed by atoms with Crippen LogP contribution in [0.15, 0.2) is 121 Å². The number of hydrogen-bond donors (Lipinski definition) is 1. The van der Waals surface area contributed by atoms with Gasteiger partial charge in [-0.1, -0.05) is 121 Å². The Morgan fingerprint density at radius 3 is 0.838 bits per heavy atom. The van der Waals surface area contributed by atoms with Crippen molar-refractivity contribution < 1.29 is 27.2 Å². The SMILES string of the molecule is O=P(NP(=O)(OCc1ccccc1)OCc1ccccc1)(OCc1ccccc1)OCc1ccccc1. The highest BCUT2D eigenvalue weighted by Gasteiger charge is 2.38. The monoisotopic (exact) mass is 537 g/mol. The summed E-state index contributed by atoms with van der Waals surface area (Å²) in [5, 5.41) is 0. The van der Waals surface area contributed by atoms with E-state index in [-0.39, 0.29) is 26.4 Å².